The highest BCUT2D eigenvalue weighted by atomic mass is 16.2. The van der Waals surface area contributed by atoms with Crippen LogP contribution >= 0.6 is 0 Å². The van der Waals surface area contributed by atoms with E-state index in [9.17, 15) is 9.59 Å². The van der Waals surface area contributed by atoms with E-state index in [1.165, 1.54) is 0 Å². The van der Waals surface area contributed by atoms with E-state index >= 15 is 0 Å². The summed E-state index contributed by atoms with van der Waals surface area (Å²) in [6, 6.07) is 8.25. The molecule has 2 heterocycles. The van der Waals surface area contributed by atoms with E-state index in [4.69, 9.17) is 0 Å². The number of fused-ring (bicyclic) bond motifs is 1. The van der Waals surface area contributed by atoms with Gasteiger partial charge in [0.05, 0.1) is 18.0 Å². The van der Waals surface area contributed by atoms with Crippen LogP contribution in [0, 0.1) is 0 Å². The Morgan fingerprint density at radius 1 is 1.20 bits per heavy atom. The molecule has 1 N–H and O–H groups in total. The van der Waals surface area contributed by atoms with Crippen LogP contribution in [0.25, 0.3) is 0 Å². The van der Waals surface area contributed by atoms with Gasteiger partial charge in [-0.2, -0.15) is 0 Å². The zero-order chi connectivity index (χ0) is 14.3. The molecule has 5 nitrogen and oxygen atoms in total. The molecule has 0 aliphatic carbocycles. The lowest BCUT2D eigenvalue weighted by Crippen LogP contribution is -2.53. The standard InChI is InChI=1S/C15H19N3O2/c1-10(2)17-9-18(12-6-4-3-5-11(12)17)13-7-8-14(19)16-15(13)20/h3-6,10,13H,7-9H2,1-2H3,(H,16,19,20). The van der Waals surface area contributed by atoms with Crippen molar-refractivity contribution in [3.05, 3.63) is 24.3 Å². The van der Waals surface area contributed by atoms with E-state index in [1.807, 2.05) is 18.2 Å². The average molecular weight is 273 g/mol. The Balaban J connectivity index is 1.92. The lowest BCUT2D eigenvalue weighted by atomic mass is 10.0. The van der Waals surface area contributed by atoms with E-state index in [1.54, 1.807) is 0 Å². The number of benzene rings is 1. The fourth-order valence-corrected chi connectivity index (χ4v) is 2.95. The van der Waals surface area contributed by atoms with Gasteiger partial charge in [0.25, 0.3) is 0 Å². The minimum atomic E-state index is -0.252. The second kappa shape index (κ2) is 4.81. The summed E-state index contributed by atoms with van der Waals surface area (Å²) < 4.78 is 0. The Morgan fingerprint density at radius 2 is 1.90 bits per heavy atom. The number of amides is 2. The van der Waals surface area contributed by atoms with Gasteiger partial charge >= 0.3 is 0 Å². The van der Waals surface area contributed by atoms with Gasteiger partial charge in [-0.1, -0.05) is 12.1 Å². The number of rotatable bonds is 2. The van der Waals surface area contributed by atoms with Gasteiger partial charge in [-0.05, 0) is 32.4 Å². The molecule has 0 saturated carbocycles. The number of carbonyl (C=O) groups excluding carboxylic acids is 2. The Morgan fingerprint density at radius 3 is 2.55 bits per heavy atom. The van der Waals surface area contributed by atoms with Crippen molar-refractivity contribution >= 4 is 23.2 Å². The number of carbonyl (C=O) groups is 2. The first-order valence-corrected chi connectivity index (χ1v) is 7.04. The van der Waals surface area contributed by atoms with Crippen LogP contribution in [0.15, 0.2) is 24.3 Å². The largest absolute Gasteiger partial charge is 0.350 e. The molecule has 5 heteroatoms. The fourth-order valence-electron chi connectivity index (χ4n) is 2.95. The van der Waals surface area contributed by atoms with Crippen molar-refractivity contribution < 1.29 is 9.59 Å². The summed E-state index contributed by atoms with van der Waals surface area (Å²) in [5, 5.41) is 2.44. The lowest BCUT2D eigenvalue weighted by Gasteiger charge is -2.32. The molecule has 1 unspecified atom stereocenters. The monoisotopic (exact) mass is 273 g/mol. The van der Waals surface area contributed by atoms with Crippen LogP contribution in [0.5, 0.6) is 0 Å². The van der Waals surface area contributed by atoms with Crippen molar-refractivity contribution in [2.75, 3.05) is 16.5 Å². The summed E-state index contributed by atoms with van der Waals surface area (Å²) in [4.78, 5) is 27.8. The number of para-hydroxylation sites is 2. The minimum Gasteiger partial charge on any atom is -0.350 e. The lowest BCUT2D eigenvalue weighted by molar-refractivity contribution is -0.134. The van der Waals surface area contributed by atoms with Gasteiger partial charge in [0.2, 0.25) is 11.8 Å². The van der Waals surface area contributed by atoms with E-state index in [-0.39, 0.29) is 17.9 Å². The summed E-state index contributed by atoms with van der Waals surface area (Å²) in [7, 11) is 0. The molecule has 1 saturated heterocycles. The molecule has 20 heavy (non-hydrogen) atoms. The summed E-state index contributed by atoms with van der Waals surface area (Å²) in [5.74, 6) is -0.346. The van der Waals surface area contributed by atoms with Gasteiger partial charge in [-0.15, -0.1) is 0 Å². The van der Waals surface area contributed by atoms with Gasteiger partial charge < -0.3 is 9.80 Å². The molecular weight excluding hydrogens is 254 g/mol. The third kappa shape index (κ3) is 2.03. The summed E-state index contributed by atoms with van der Waals surface area (Å²) >= 11 is 0. The summed E-state index contributed by atoms with van der Waals surface area (Å²) in [5.41, 5.74) is 2.24. The first-order valence-electron chi connectivity index (χ1n) is 7.04. The molecule has 2 aliphatic rings. The van der Waals surface area contributed by atoms with Crippen LogP contribution in [0.3, 0.4) is 0 Å². The second-order valence-electron chi connectivity index (χ2n) is 5.63. The van der Waals surface area contributed by atoms with Gasteiger partial charge in [0.1, 0.15) is 6.04 Å². The second-order valence-corrected chi connectivity index (χ2v) is 5.63. The summed E-state index contributed by atoms with van der Waals surface area (Å²) in [6.45, 7) is 4.98. The molecule has 0 bridgehead atoms. The van der Waals surface area contributed by atoms with Crippen molar-refractivity contribution in [3.8, 4) is 0 Å². The maximum Gasteiger partial charge on any atom is 0.249 e. The van der Waals surface area contributed by atoms with E-state index in [0.29, 0.717) is 25.6 Å². The van der Waals surface area contributed by atoms with Gasteiger partial charge in [0, 0.05) is 12.5 Å². The molecule has 0 radical (unpaired) electrons. The van der Waals surface area contributed by atoms with Crippen molar-refractivity contribution in [1.29, 1.82) is 0 Å². The molecular formula is C15H19N3O2. The SMILES string of the molecule is CC(C)N1CN(C2CCC(=O)NC2=O)c2ccccc21. The highest BCUT2D eigenvalue weighted by Gasteiger charge is 2.37. The predicted octanol–water partition coefficient (Wildman–Crippen LogP) is 1.48. The maximum absolute atomic E-state index is 12.1. The van der Waals surface area contributed by atoms with Crippen molar-refractivity contribution in [1.82, 2.24) is 5.32 Å². The van der Waals surface area contributed by atoms with Gasteiger partial charge in [-0.25, -0.2) is 0 Å². The highest BCUT2D eigenvalue weighted by Crippen LogP contribution is 2.39. The summed E-state index contributed by atoms with van der Waals surface area (Å²) in [6.07, 6.45) is 1.00. The molecule has 1 aromatic carbocycles. The number of hydrogen-bond donors (Lipinski definition) is 1. The van der Waals surface area contributed by atoms with Crippen LogP contribution in [0.1, 0.15) is 26.7 Å². The van der Waals surface area contributed by atoms with Crippen LogP contribution < -0.4 is 15.1 Å². The fraction of sp³-hybridized carbons (Fsp3) is 0.467. The van der Waals surface area contributed by atoms with Gasteiger partial charge in [-0.3, -0.25) is 14.9 Å². The van der Waals surface area contributed by atoms with E-state index in [0.717, 1.165) is 11.4 Å². The number of anilines is 2. The van der Waals surface area contributed by atoms with Crippen molar-refractivity contribution in [3.63, 3.8) is 0 Å². The van der Waals surface area contributed by atoms with Crippen molar-refractivity contribution in [2.45, 2.75) is 38.8 Å². The number of hydrogen-bond acceptors (Lipinski definition) is 4. The first-order chi connectivity index (χ1) is 9.58. The Kier molecular flexibility index (Phi) is 3.12. The molecule has 1 aromatic rings. The molecule has 1 fully saturated rings. The molecule has 2 amide bonds. The molecule has 106 valence electrons. The molecule has 0 aromatic heterocycles. The van der Waals surface area contributed by atoms with Crippen LogP contribution in [-0.2, 0) is 9.59 Å². The van der Waals surface area contributed by atoms with E-state index < -0.39 is 0 Å². The molecule has 2 aliphatic heterocycles. The van der Waals surface area contributed by atoms with Crippen LogP contribution in [-0.4, -0.2) is 30.6 Å². The number of nitrogens with one attached hydrogen (secondary N) is 1. The average Bonchev–Trinajstić information content (AvgIpc) is 2.78. The number of piperidine rings is 1. The zero-order valence-corrected chi connectivity index (χ0v) is 11.8. The molecule has 0 spiro atoms. The Labute approximate surface area is 118 Å². The third-order valence-electron chi connectivity index (χ3n) is 4.01. The smallest absolute Gasteiger partial charge is 0.249 e. The quantitative estimate of drug-likeness (QED) is 0.829. The maximum atomic E-state index is 12.1. The Bertz CT molecular complexity index is 556. The van der Waals surface area contributed by atoms with Crippen molar-refractivity contribution in [2.24, 2.45) is 0 Å². The number of nitrogens with zero attached hydrogens (tertiary/aromatic N) is 2. The highest BCUT2D eigenvalue weighted by molar-refractivity contribution is 6.02. The van der Waals surface area contributed by atoms with Crippen LogP contribution in [0.2, 0.25) is 0 Å². The van der Waals surface area contributed by atoms with E-state index in [2.05, 4.69) is 35.0 Å². The third-order valence-corrected chi connectivity index (χ3v) is 4.01. The minimum absolute atomic E-state index is 0.167. The Hall–Kier alpha value is -2.04. The molecule has 3 rings (SSSR count). The van der Waals surface area contributed by atoms with Gasteiger partial charge in [0.15, 0.2) is 0 Å². The zero-order valence-electron chi connectivity index (χ0n) is 11.8. The topological polar surface area (TPSA) is 52.6 Å². The normalized spacial score (nSPS) is 22.2. The predicted molar refractivity (Wildman–Crippen MR) is 77.6 cm³/mol. The number of imide groups is 1. The van der Waals surface area contributed by atoms with Crippen LogP contribution in [0.4, 0.5) is 11.4 Å². The molecule has 1 atom stereocenters. The first kappa shape index (κ1) is 13.0.